The van der Waals surface area contributed by atoms with Crippen LogP contribution in [0.5, 0.6) is 0 Å². The zero-order valence-corrected chi connectivity index (χ0v) is 14.6. The molecule has 0 aliphatic heterocycles. The Hall–Kier alpha value is -1.26. The molecule has 1 amide bonds. The van der Waals surface area contributed by atoms with Crippen molar-refractivity contribution < 1.29 is 4.79 Å². The molecule has 2 aromatic rings. The van der Waals surface area contributed by atoms with Crippen LogP contribution in [-0.4, -0.2) is 11.7 Å². The molecular formula is C17H18BrNOS. The first-order chi connectivity index (χ1) is 10.1. The first-order valence-electron chi connectivity index (χ1n) is 6.80. The molecular weight excluding hydrogens is 346 g/mol. The Bertz CT molecular complexity index is 642. The second-order valence-electron chi connectivity index (χ2n) is 4.90. The van der Waals surface area contributed by atoms with Crippen molar-refractivity contribution in [1.29, 1.82) is 0 Å². The third-order valence-corrected chi connectivity index (χ3v) is 5.11. The SMILES string of the molecule is Cc1ccc(NC(=O)CCSc2ccccc2Br)c(C)c1. The van der Waals surface area contributed by atoms with Crippen molar-refractivity contribution >= 4 is 39.3 Å². The number of nitrogens with one attached hydrogen (secondary N) is 1. The number of carbonyl (C=O) groups excluding carboxylic acids is 1. The number of amides is 1. The van der Waals surface area contributed by atoms with Crippen LogP contribution in [0.2, 0.25) is 0 Å². The average Bonchev–Trinajstić information content (AvgIpc) is 2.44. The van der Waals surface area contributed by atoms with E-state index in [1.165, 1.54) is 5.56 Å². The van der Waals surface area contributed by atoms with E-state index in [2.05, 4.69) is 33.4 Å². The van der Waals surface area contributed by atoms with Gasteiger partial charge in [0.2, 0.25) is 5.91 Å². The summed E-state index contributed by atoms with van der Waals surface area (Å²) >= 11 is 5.20. The molecule has 110 valence electrons. The zero-order chi connectivity index (χ0) is 15.2. The normalized spacial score (nSPS) is 10.4. The summed E-state index contributed by atoms with van der Waals surface area (Å²) in [7, 11) is 0. The second kappa shape index (κ2) is 7.66. The van der Waals surface area contributed by atoms with Crippen LogP contribution >= 0.6 is 27.7 Å². The number of aryl methyl sites for hydroxylation is 2. The molecule has 0 saturated heterocycles. The van der Waals surface area contributed by atoms with Gasteiger partial charge in [-0.15, -0.1) is 11.8 Å². The Morgan fingerprint density at radius 3 is 2.67 bits per heavy atom. The number of benzene rings is 2. The van der Waals surface area contributed by atoms with Gasteiger partial charge in [-0.05, 0) is 53.5 Å². The molecule has 2 aromatic carbocycles. The van der Waals surface area contributed by atoms with Crippen molar-refractivity contribution in [2.75, 3.05) is 11.1 Å². The summed E-state index contributed by atoms with van der Waals surface area (Å²) in [4.78, 5) is 13.2. The summed E-state index contributed by atoms with van der Waals surface area (Å²) in [5.74, 6) is 0.820. The maximum atomic E-state index is 12.0. The topological polar surface area (TPSA) is 29.1 Å². The molecule has 0 saturated carbocycles. The van der Waals surface area contributed by atoms with Gasteiger partial charge in [0.15, 0.2) is 0 Å². The third-order valence-electron chi connectivity index (χ3n) is 3.08. The number of hydrogen-bond acceptors (Lipinski definition) is 2. The van der Waals surface area contributed by atoms with E-state index >= 15 is 0 Å². The van der Waals surface area contributed by atoms with E-state index in [-0.39, 0.29) is 5.91 Å². The predicted molar refractivity (Wildman–Crippen MR) is 94.0 cm³/mol. The number of carbonyl (C=O) groups is 1. The minimum atomic E-state index is 0.0570. The van der Waals surface area contributed by atoms with Gasteiger partial charge in [0.05, 0.1) is 0 Å². The van der Waals surface area contributed by atoms with Gasteiger partial charge in [-0.25, -0.2) is 0 Å². The van der Waals surface area contributed by atoms with Gasteiger partial charge in [0.25, 0.3) is 0 Å². The van der Waals surface area contributed by atoms with Crippen LogP contribution in [0.4, 0.5) is 5.69 Å². The molecule has 1 N–H and O–H groups in total. The fraction of sp³-hybridized carbons (Fsp3) is 0.235. The largest absolute Gasteiger partial charge is 0.326 e. The first-order valence-corrected chi connectivity index (χ1v) is 8.58. The van der Waals surface area contributed by atoms with Crippen molar-refractivity contribution in [2.45, 2.75) is 25.2 Å². The van der Waals surface area contributed by atoms with Gasteiger partial charge in [-0.1, -0.05) is 29.8 Å². The Balaban J connectivity index is 1.84. The molecule has 0 heterocycles. The summed E-state index contributed by atoms with van der Waals surface area (Å²) < 4.78 is 1.07. The average molecular weight is 364 g/mol. The zero-order valence-electron chi connectivity index (χ0n) is 12.2. The van der Waals surface area contributed by atoms with Crippen LogP contribution in [0.15, 0.2) is 51.8 Å². The molecule has 21 heavy (non-hydrogen) atoms. The number of thioether (sulfide) groups is 1. The molecule has 0 atom stereocenters. The van der Waals surface area contributed by atoms with Crippen LogP contribution < -0.4 is 5.32 Å². The van der Waals surface area contributed by atoms with Crippen LogP contribution in [0.3, 0.4) is 0 Å². The molecule has 0 unspecified atom stereocenters. The standard InChI is InChI=1S/C17H18BrNOS/c1-12-7-8-15(13(2)11-12)19-17(20)9-10-21-16-6-4-3-5-14(16)18/h3-8,11H,9-10H2,1-2H3,(H,19,20). The molecule has 0 aromatic heterocycles. The minimum absolute atomic E-state index is 0.0570. The smallest absolute Gasteiger partial charge is 0.225 e. The third kappa shape index (κ3) is 4.90. The van der Waals surface area contributed by atoms with E-state index in [0.717, 1.165) is 26.4 Å². The molecule has 4 heteroatoms. The van der Waals surface area contributed by atoms with Gasteiger partial charge in [0, 0.05) is 27.2 Å². The molecule has 0 spiro atoms. The molecule has 2 nitrogen and oxygen atoms in total. The highest BCUT2D eigenvalue weighted by Crippen LogP contribution is 2.27. The number of anilines is 1. The number of hydrogen-bond donors (Lipinski definition) is 1. The molecule has 0 aliphatic carbocycles. The summed E-state index contributed by atoms with van der Waals surface area (Å²) in [6, 6.07) is 14.1. The fourth-order valence-electron chi connectivity index (χ4n) is 1.98. The quantitative estimate of drug-likeness (QED) is 0.740. The Kier molecular flexibility index (Phi) is 5.88. The number of halogens is 1. The van der Waals surface area contributed by atoms with Crippen LogP contribution in [0, 0.1) is 13.8 Å². The lowest BCUT2D eigenvalue weighted by atomic mass is 10.1. The van der Waals surface area contributed by atoms with E-state index in [0.29, 0.717) is 6.42 Å². The van der Waals surface area contributed by atoms with Crippen molar-refractivity contribution in [3.05, 3.63) is 58.1 Å². The van der Waals surface area contributed by atoms with Crippen molar-refractivity contribution in [2.24, 2.45) is 0 Å². The Morgan fingerprint density at radius 2 is 1.95 bits per heavy atom. The molecule has 0 aliphatic rings. The maximum Gasteiger partial charge on any atom is 0.225 e. The van der Waals surface area contributed by atoms with E-state index in [4.69, 9.17) is 0 Å². The van der Waals surface area contributed by atoms with Gasteiger partial charge in [-0.2, -0.15) is 0 Å². The predicted octanol–water partition coefficient (Wildman–Crippen LogP) is 5.19. The molecule has 0 bridgehead atoms. The highest BCUT2D eigenvalue weighted by molar-refractivity contribution is 9.10. The molecule has 0 fully saturated rings. The molecule has 2 rings (SSSR count). The fourth-order valence-corrected chi connectivity index (χ4v) is 3.50. The van der Waals surface area contributed by atoms with E-state index < -0.39 is 0 Å². The maximum absolute atomic E-state index is 12.0. The van der Waals surface area contributed by atoms with E-state index in [9.17, 15) is 4.79 Å². The van der Waals surface area contributed by atoms with Gasteiger partial charge in [-0.3, -0.25) is 4.79 Å². The minimum Gasteiger partial charge on any atom is -0.326 e. The summed E-state index contributed by atoms with van der Waals surface area (Å²) in [6.07, 6.45) is 0.499. The van der Waals surface area contributed by atoms with Crippen LogP contribution in [0.25, 0.3) is 0 Å². The second-order valence-corrected chi connectivity index (χ2v) is 6.89. The summed E-state index contributed by atoms with van der Waals surface area (Å²) in [6.45, 7) is 4.06. The van der Waals surface area contributed by atoms with Gasteiger partial charge in [0.1, 0.15) is 0 Å². The summed E-state index contributed by atoms with van der Waals surface area (Å²) in [5, 5.41) is 2.97. The van der Waals surface area contributed by atoms with Gasteiger partial charge < -0.3 is 5.32 Å². The van der Waals surface area contributed by atoms with Crippen LogP contribution in [-0.2, 0) is 4.79 Å². The lowest BCUT2D eigenvalue weighted by Gasteiger charge is -2.09. The lowest BCUT2D eigenvalue weighted by Crippen LogP contribution is -2.13. The number of rotatable bonds is 5. The van der Waals surface area contributed by atoms with Crippen molar-refractivity contribution in [3.63, 3.8) is 0 Å². The van der Waals surface area contributed by atoms with Gasteiger partial charge >= 0.3 is 0 Å². The first kappa shape index (κ1) is 16.1. The van der Waals surface area contributed by atoms with Crippen molar-refractivity contribution in [1.82, 2.24) is 0 Å². The highest BCUT2D eigenvalue weighted by Gasteiger charge is 2.06. The Morgan fingerprint density at radius 1 is 1.19 bits per heavy atom. The monoisotopic (exact) mass is 363 g/mol. The van der Waals surface area contributed by atoms with E-state index in [1.807, 2.05) is 44.2 Å². The Labute approximate surface area is 138 Å². The highest BCUT2D eigenvalue weighted by atomic mass is 79.9. The van der Waals surface area contributed by atoms with Crippen molar-refractivity contribution in [3.8, 4) is 0 Å². The molecule has 0 radical (unpaired) electrons. The van der Waals surface area contributed by atoms with E-state index in [1.54, 1.807) is 11.8 Å². The van der Waals surface area contributed by atoms with Crippen LogP contribution in [0.1, 0.15) is 17.5 Å². The lowest BCUT2D eigenvalue weighted by molar-refractivity contribution is -0.115. The summed E-state index contributed by atoms with van der Waals surface area (Å²) in [5.41, 5.74) is 3.20.